The summed E-state index contributed by atoms with van der Waals surface area (Å²) in [5.41, 5.74) is 0. The highest BCUT2D eigenvalue weighted by Crippen LogP contribution is 2.13. The molecule has 0 aromatic heterocycles. The van der Waals surface area contributed by atoms with Gasteiger partial charge in [-0.1, -0.05) is 0 Å². The van der Waals surface area contributed by atoms with Gasteiger partial charge in [-0.2, -0.15) is 0 Å². The maximum atomic E-state index is 8.54. The molecular weight excluding hydrogens is 122 g/mol. The van der Waals surface area contributed by atoms with E-state index in [1.54, 1.807) is 0 Å². The van der Waals surface area contributed by atoms with E-state index in [0.717, 1.165) is 17.9 Å². The standard InChI is InChI=1S/C5H9NOS/c7-3-4-1-2-5(8)6-4/h4,7H,1-3H2,(H,6,8). The molecule has 1 unspecified atom stereocenters. The van der Waals surface area contributed by atoms with Crippen LogP contribution in [0.25, 0.3) is 0 Å². The van der Waals surface area contributed by atoms with E-state index in [1.807, 2.05) is 0 Å². The molecule has 2 nitrogen and oxygen atoms in total. The van der Waals surface area contributed by atoms with Crippen molar-refractivity contribution in [3.8, 4) is 0 Å². The summed E-state index contributed by atoms with van der Waals surface area (Å²) < 4.78 is 0. The Morgan fingerprint density at radius 3 is 2.88 bits per heavy atom. The van der Waals surface area contributed by atoms with E-state index in [9.17, 15) is 0 Å². The monoisotopic (exact) mass is 131 g/mol. The first-order valence-electron chi connectivity index (χ1n) is 2.69. The van der Waals surface area contributed by atoms with E-state index < -0.39 is 0 Å². The molecule has 1 aliphatic heterocycles. The Morgan fingerprint density at radius 1 is 1.88 bits per heavy atom. The van der Waals surface area contributed by atoms with Gasteiger partial charge < -0.3 is 5.11 Å². The van der Waals surface area contributed by atoms with Crippen LogP contribution in [0.4, 0.5) is 0 Å². The number of hydrogen-bond donors (Lipinski definition) is 2. The highest BCUT2D eigenvalue weighted by molar-refractivity contribution is 7.97. The lowest BCUT2D eigenvalue weighted by atomic mass is 10.2. The second kappa shape index (κ2) is 2.51. The zero-order valence-electron chi connectivity index (χ0n) is 4.54. The average molecular weight is 131 g/mol. The predicted molar refractivity (Wildman–Crippen MR) is 36.5 cm³/mol. The molecule has 8 heavy (non-hydrogen) atoms. The minimum Gasteiger partial charge on any atom is -0.394 e. The van der Waals surface area contributed by atoms with Gasteiger partial charge in [0.15, 0.2) is 0 Å². The van der Waals surface area contributed by atoms with Crippen LogP contribution in [0.3, 0.4) is 0 Å². The van der Waals surface area contributed by atoms with Crippen molar-refractivity contribution in [1.82, 2.24) is 0 Å². The van der Waals surface area contributed by atoms with Crippen LogP contribution in [0, 0.1) is 0 Å². The van der Waals surface area contributed by atoms with Crippen LogP contribution in [0.1, 0.15) is 12.8 Å². The zero-order chi connectivity index (χ0) is 5.98. The maximum Gasteiger partial charge on any atom is 0.0743 e. The second-order valence-electron chi connectivity index (χ2n) is 1.92. The minimum absolute atomic E-state index is 0.141. The fraction of sp³-hybridized carbons (Fsp3) is 0.800. The third-order valence-electron chi connectivity index (χ3n) is 1.24. The van der Waals surface area contributed by atoms with Gasteiger partial charge in [-0.25, -0.2) is 0 Å². The fourth-order valence-corrected chi connectivity index (χ4v) is 1.06. The first-order chi connectivity index (χ1) is 3.83. The molecule has 0 aromatic carbocycles. The van der Waals surface area contributed by atoms with Gasteiger partial charge >= 0.3 is 0 Å². The van der Waals surface area contributed by atoms with Crippen molar-refractivity contribution in [2.45, 2.75) is 18.9 Å². The summed E-state index contributed by atoms with van der Waals surface area (Å²) in [6, 6.07) is 0.141. The molecule has 0 saturated heterocycles. The number of thiol groups is 1. The fourth-order valence-electron chi connectivity index (χ4n) is 0.768. The summed E-state index contributed by atoms with van der Waals surface area (Å²) >= 11 is 4.04. The van der Waals surface area contributed by atoms with E-state index in [2.05, 4.69) is 17.6 Å². The zero-order valence-corrected chi connectivity index (χ0v) is 5.43. The molecule has 0 amide bonds. The Balaban J connectivity index is 2.41. The molecule has 0 saturated carbocycles. The Labute approximate surface area is 54.0 Å². The van der Waals surface area contributed by atoms with Gasteiger partial charge in [0.05, 0.1) is 17.7 Å². The van der Waals surface area contributed by atoms with Crippen LogP contribution in [-0.2, 0) is 0 Å². The maximum absolute atomic E-state index is 8.54. The Kier molecular flexibility index (Phi) is 1.91. The van der Waals surface area contributed by atoms with Crippen molar-refractivity contribution in [2.24, 2.45) is 4.99 Å². The third-order valence-corrected chi connectivity index (χ3v) is 1.58. The topological polar surface area (TPSA) is 32.6 Å². The van der Waals surface area contributed by atoms with Crippen LogP contribution in [0.15, 0.2) is 4.99 Å². The molecule has 46 valence electrons. The van der Waals surface area contributed by atoms with Crippen LogP contribution in [-0.4, -0.2) is 22.8 Å². The first-order valence-corrected chi connectivity index (χ1v) is 3.14. The van der Waals surface area contributed by atoms with E-state index in [1.165, 1.54) is 0 Å². The predicted octanol–water partition coefficient (Wildman–Crippen LogP) is 0.469. The summed E-state index contributed by atoms with van der Waals surface area (Å²) in [5, 5.41) is 9.42. The van der Waals surface area contributed by atoms with Gasteiger partial charge in [0.2, 0.25) is 0 Å². The highest BCUT2D eigenvalue weighted by Gasteiger charge is 2.12. The molecule has 0 fully saturated rings. The molecule has 0 aliphatic carbocycles. The lowest BCUT2D eigenvalue weighted by Crippen LogP contribution is -2.03. The number of rotatable bonds is 1. The van der Waals surface area contributed by atoms with Gasteiger partial charge in [0, 0.05) is 0 Å². The number of aliphatic hydroxyl groups is 1. The molecule has 1 heterocycles. The SMILES string of the molecule is OCC1CCC(S)=N1. The number of aliphatic hydroxyl groups excluding tert-OH is 1. The molecule has 1 aliphatic rings. The summed E-state index contributed by atoms with van der Waals surface area (Å²) in [6.07, 6.45) is 1.91. The number of nitrogens with zero attached hydrogens (tertiary/aromatic N) is 1. The van der Waals surface area contributed by atoms with Crippen molar-refractivity contribution >= 4 is 17.7 Å². The van der Waals surface area contributed by atoms with Crippen molar-refractivity contribution < 1.29 is 5.11 Å². The summed E-state index contributed by atoms with van der Waals surface area (Å²) in [6.45, 7) is 0.171. The molecule has 0 spiro atoms. The van der Waals surface area contributed by atoms with Crippen molar-refractivity contribution in [2.75, 3.05) is 6.61 Å². The van der Waals surface area contributed by atoms with Gasteiger partial charge in [0.25, 0.3) is 0 Å². The highest BCUT2D eigenvalue weighted by atomic mass is 32.1. The van der Waals surface area contributed by atoms with E-state index in [4.69, 9.17) is 5.11 Å². The van der Waals surface area contributed by atoms with Gasteiger partial charge in [-0.15, -0.1) is 12.6 Å². The first kappa shape index (κ1) is 6.11. The van der Waals surface area contributed by atoms with Crippen molar-refractivity contribution in [3.05, 3.63) is 0 Å². The van der Waals surface area contributed by atoms with Crippen molar-refractivity contribution in [3.63, 3.8) is 0 Å². The molecule has 3 heteroatoms. The molecule has 0 radical (unpaired) electrons. The van der Waals surface area contributed by atoms with Crippen LogP contribution in [0.2, 0.25) is 0 Å². The van der Waals surface area contributed by atoms with E-state index in [-0.39, 0.29) is 12.6 Å². The lowest BCUT2D eigenvalue weighted by molar-refractivity contribution is 0.267. The largest absolute Gasteiger partial charge is 0.394 e. The molecule has 1 rings (SSSR count). The minimum atomic E-state index is 0.141. The van der Waals surface area contributed by atoms with Gasteiger partial charge in [0.1, 0.15) is 0 Å². The number of hydrogen-bond acceptors (Lipinski definition) is 2. The quantitative estimate of drug-likeness (QED) is 0.498. The van der Waals surface area contributed by atoms with Crippen LogP contribution >= 0.6 is 12.6 Å². The Hall–Kier alpha value is -0.0200. The molecule has 0 aromatic rings. The van der Waals surface area contributed by atoms with Crippen LogP contribution in [0.5, 0.6) is 0 Å². The normalized spacial score (nSPS) is 28.2. The second-order valence-corrected chi connectivity index (χ2v) is 2.44. The molecular formula is C5H9NOS. The van der Waals surface area contributed by atoms with Gasteiger partial charge in [-0.3, -0.25) is 4.99 Å². The summed E-state index contributed by atoms with van der Waals surface area (Å²) in [4.78, 5) is 4.04. The van der Waals surface area contributed by atoms with E-state index in [0.29, 0.717) is 0 Å². The Bertz CT molecular complexity index is 113. The van der Waals surface area contributed by atoms with Gasteiger partial charge in [-0.05, 0) is 12.8 Å². The summed E-state index contributed by atoms with van der Waals surface area (Å²) in [7, 11) is 0. The number of aliphatic imine (C=N–C) groups is 1. The summed E-state index contributed by atoms with van der Waals surface area (Å²) in [5.74, 6) is 0. The lowest BCUT2D eigenvalue weighted by Gasteiger charge is -1.96. The molecule has 1 atom stereocenters. The van der Waals surface area contributed by atoms with Crippen molar-refractivity contribution in [1.29, 1.82) is 0 Å². The van der Waals surface area contributed by atoms with E-state index >= 15 is 0 Å². The molecule has 1 N–H and O–H groups in total. The smallest absolute Gasteiger partial charge is 0.0743 e. The molecule has 0 bridgehead atoms. The average Bonchev–Trinajstić information content (AvgIpc) is 2.14. The van der Waals surface area contributed by atoms with Crippen LogP contribution < -0.4 is 0 Å². The Morgan fingerprint density at radius 2 is 2.62 bits per heavy atom. The third kappa shape index (κ3) is 1.23.